The van der Waals surface area contributed by atoms with E-state index in [0.29, 0.717) is 11.3 Å². The number of carbonyl (C=O) groups excluding carboxylic acids is 3. The van der Waals surface area contributed by atoms with Gasteiger partial charge in [-0.3, -0.25) is 19.7 Å². The molecular formula is C37H36N4O9. The van der Waals surface area contributed by atoms with E-state index < -0.39 is 58.1 Å². The Bertz CT molecular complexity index is 1910. The van der Waals surface area contributed by atoms with Gasteiger partial charge >= 0.3 is 12.2 Å². The summed E-state index contributed by atoms with van der Waals surface area (Å²) in [6.45, 7) is 4.76. The van der Waals surface area contributed by atoms with E-state index in [4.69, 9.17) is 15.2 Å². The maximum absolute atomic E-state index is 13.9. The average Bonchev–Trinajstić information content (AvgIpc) is 3.40. The molecule has 0 saturated carbocycles. The first-order chi connectivity index (χ1) is 23.8. The molecule has 2 unspecified atom stereocenters. The SMILES string of the molecule is CC(NC(=O)C(NC(=O)OCC1c2ccccc2-c2ccccc21)C(C)C)C(=O)c1c([N+](=O)[O-])ccc(OC(=O)O)c1Cc1ccc(N)cc1. The molecule has 1 aliphatic rings. The van der Waals surface area contributed by atoms with E-state index in [1.807, 2.05) is 48.5 Å². The number of amides is 2. The standard InChI is InChI=1S/C37H36N4O9/c1-20(2)33(40-36(44)49-19-29-26-10-6-4-8-24(26)25-9-5-7-11-27(25)29)35(43)39-21(3)34(42)32-28(18-22-12-14-23(38)15-13-22)31(50-37(45)46)17-16-30(32)41(47)48/h4-17,20-21,29,33H,18-19,38H2,1-3H3,(H,39,43)(H,40,44)(H,45,46). The van der Waals surface area contributed by atoms with Crippen LogP contribution in [0.15, 0.2) is 84.9 Å². The van der Waals surface area contributed by atoms with Crippen molar-refractivity contribution in [2.45, 2.75) is 45.2 Å². The predicted octanol–water partition coefficient (Wildman–Crippen LogP) is 6.08. The Hall–Kier alpha value is -6.24. The third kappa shape index (κ3) is 7.57. The Morgan fingerprint density at radius 3 is 2.04 bits per heavy atom. The van der Waals surface area contributed by atoms with Crippen LogP contribution in [0.1, 0.15) is 59.3 Å². The first-order valence-electron chi connectivity index (χ1n) is 15.9. The Labute approximate surface area is 287 Å². The molecule has 0 spiro atoms. The maximum Gasteiger partial charge on any atom is 0.511 e. The number of nitrogens with two attached hydrogens (primary N) is 1. The van der Waals surface area contributed by atoms with E-state index in [0.717, 1.165) is 34.4 Å². The van der Waals surface area contributed by atoms with Crippen LogP contribution in [-0.2, 0) is 16.0 Å². The Balaban J connectivity index is 1.33. The van der Waals surface area contributed by atoms with Gasteiger partial charge in [-0.05, 0) is 58.9 Å². The lowest BCUT2D eigenvalue weighted by Crippen LogP contribution is -2.53. The second-order valence-electron chi connectivity index (χ2n) is 12.3. The fraction of sp³-hybridized carbons (Fsp3) is 0.243. The van der Waals surface area contributed by atoms with Gasteiger partial charge in [0, 0.05) is 29.7 Å². The number of carbonyl (C=O) groups is 4. The number of carboxylic acid groups (broad SMARTS) is 1. The van der Waals surface area contributed by atoms with Crippen molar-refractivity contribution < 1.29 is 38.7 Å². The highest BCUT2D eigenvalue weighted by Gasteiger charge is 2.34. The molecule has 0 bridgehead atoms. The van der Waals surface area contributed by atoms with Gasteiger partial charge in [-0.1, -0.05) is 74.5 Å². The summed E-state index contributed by atoms with van der Waals surface area (Å²) >= 11 is 0. The molecule has 2 amide bonds. The lowest BCUT2D eigenvalue weighted by Gasteiger charge is -2.24. The van der Waals surface area contributed by atoms with Crippen LogP contribution in [0.3, 0.4) is 0 Å². The van der Waals surface area contributed by atoms with Crippen molar-refractivity contribution in [1.82, 2.24) is 10.6 Å². The number of ketones is 1. The Morgan fingerprint density at radius 2 is 1.48 bits per heavy atom. The van der Waals surface area contributed by atoms with Crippen molar-refractivity contribution in [3.8, 4) is 16.9 Å². The van der Waals surface area contributed by atoms with Crippen LogP contribution in [-0.4, -0.2) is 52.7 Å². The first kappa shape index (κ1) is 35.1. The zero-order valence-electron chi connectivity index (χ0n) is 27.5. The van der Waals surface area contributed by atoms with Crippen LogP contribution in [0.4, 0.5) is 21.0 Å². The number of hydrogen-bond acceptors (Lipinski definition) is 9. The Kier molecular flexibility index (Phi) is 10.4. The van der Waals surface area contributed by atoms with E-state index in [9.17, 15) is 34.4 Å². The number of nitro benzene ring substituents is 1. The summed E-state index contributed by atoms with van der Waals surface area (Å²) in [7, 11) is 0. The van der Waals surface area contributed by atoms with Crippen molar-refractivity contribution in [3.63, 3.8) is 0 Å². The molecule has 50 heavy (non-hydrogen) atoms. The highest BCUT2D eigenvalue weighted by molar-refractivity contribution is 6.07. The zero-order valence-corrected chi connectivity index (χ0v) is 27.5. The predicted molar refractivity (Wildman–Crippen MR) is 184 cm³/mol. The van der Waals surface area contributed by atoms with Crippen molar-refractivity contribution in [1.29, 1.82) is 0 Å². The summed E-state index contributed by atoms with van der Waals surface area (Å²) in [6.07, 6.45) is -2.64. The monoisotopic (exact) mass is 680 g/mol. The molecule has 0 aliphatic heterocycles. The number of hydrogen-bond donors (Lipinski definition) is 4. The molecular weight excluding hydrogens is 644 g/mol. The van der Waals surface area contributed by atoms with Gasteiger partial charge in [0.1, 0.15) is 24.0 Å². The quantitative estimate of drug-likeness (QED) is 0.0340. The minimum Gasteiger partial charge on any atom is -0.449 e. The van der Waals surface area contributed by atoms with E-state index >= 15 is 0 Å². The number of benzene rings is 4. The second-order valence-corrected chi connectivity index (χ2v) is 12.3. The van der Waals surface area contributed by atoms with E-state index in [1.54, 1.807) is 38.1 Å². The number of rotatable bonds is 12. The molecule has 5 rings (SSSR count). The summed E-state index contributed by atoms with van der Waals surface area (Å²) < 4.78 is 10.5. The van der Waals surface area contributed by atoms with Crippen LogP contribution < -0.4 is 21.1 Å². The van der Waals surface area contributed by atoms with Crippen molar-refractivity contribution in [2.75, 3.05) is 12.3 Å². The molecule has 0 aromatic heterocycles. The summed E-state index contributed by atoms with van der Waals surface area (Å²) in [5.74, 6) is -2.51. The normalized spacial score (nSPS) is 13.0. The molecule has 2 atom stereocenters. The summed E-state index contributed by atoms with van der Waals surface area (Å²) in [5, 5.41) is 26.6. The summed E-state index contributed by atoms with van der Waals surface area (Å²) in [4.78, 5) is 63.3. The number of anilines is 1. The van der Waals surface area contributed by atoms with Gasteiger partial charge in [-0.15, -0.1) is 0 Å². The third-order valence-electron chi connectivity index (χ3n) is 8.57. The number of alkyl carbamates (subject to hydrolysis) is 1. The topological polar surface area (TPSA) is 200 Å². The number of Topliss-reactive ketones (excluding diaryl/α,β-unsaturated/α-hetero) is 1. The lowest BCUT2D eigenvalue weighted by molar-refractivity contribution is -0.385. The van der Waals surface area contributed by atoms with E-state index in [-0.39, 0.29) is 30.3 Å². The number of nitrogens with zero attached hydrogens (tertiary/aromatic N) is 1. The molecule has 5 N–H and O–H groups in total. The molecule has 0 fully saturated rings. The number of nitrogens with one attached hydrogen (secondary N) is 2. The van der Waals surface area contributed by atoms with Crippen LogP contribution in [0, 0.1) is 16.0 Å². The fourth-order valence-corrected chi connectivity index (χ4v) is 6.14. The molecule has 4 aromatic carbocycles. The van der Waals surface area contributed by atoms with E-state index in [1.165, 1.54) is 6.92 Å². The van der Waals surface area contributed by atoms with Gasteiger partial charge in [0.25, 0.3) is 5.69 Å². The van der Waals surface area contributed by atoms with Crippen molar-refractivity contribution in [2.24, 2.45) is 5.92 Å². The molecule has 4 aromatic rings. The third-order valence-corrected chi connectivity index (χ3v) is 8.57. The minimum absolute atomic E-state index is 0.0242. The molecule has 0 saturated heterocycles. The van der Waals surface area contributed by atoms with Crippen LogP contribution in [0.25, 0.3) is 11.1 Å². The number of nitrogen functional groups attached to an aromatic ring is 1. The van der Waals surface area contributed by atoms with Crippen molar-refractivity contribution in [3.05, 3.63) is 123 Å². The molecule has 13 heteroatoms. The van der Waals surface area contributed by atoms with Gasteiger partial charge in [-0.2, -0.15) is 0 Å². The Morgan fingerprint density at radius 1 is 0.880 bits per heavy atom. The van der Waals surface area contributed by atoms with Crippen LogP contribution >= 0.6 is 0 Å². The van der Waals surface area contributed by atoms with Gasteiger partial charge in [-0.25, -0.2) is 9.59 Å². The first-order valence-corrected chi connectivity index (χ1v) is 15.9. The maximum atomic E-state index is 13.9. The van der Waals surface area contributed by atoms with Gasteiger partial charge in [0.05, 0.1) is 11.0 Å². The largest absolute Gasteiger partial charge is 0.511 e. The second kappa shape index (κ2) is 14.9. The lowest BCUT2D eigenvalue weighted by atomic mass is 9.92. The molecule has 258 valence electrons. The average molecular weight is 681 g/mol. The molecule has 0 radical (unpaired) electrons. The van der Waals surface area contributed by atoms with Crippen LogP contribution in [0.2, 0.25) is 0 Å². The summed E-state index contributed by atoms with van der Waals surface area (Å²) in [5.41, 5.74) is 9.88. The van der Waals surface area contributed by atoms with E-state index in [2.05, 4.69) is 10.6 Å². The van der Waals surface area contributed by atoms with Gasteiger partial charge in [0.15, 0.2) is 5.78 Å². The smallest absolute Gasteiger partial charge is 0.449 e. The minimum atomic E-state index is -1.68. The van der Waals surface area contributed by atoms with Crippen LogP contribution in [0.5, 0.6) is 5.75 Å². The highest BCUT2D eigenvalue weighted by atomic mass is 16.7. The summed E-state index contributed by atoms with van der Waals surface area (Å²) in [6, 6.07) is 21.8. The van der Waals surface area contributed by atoms with Gasteiger partial charge < -0.3 is 30.9 Å². The molecule has 1 aliphatic carbocycles. The zero-order chi connectivity index (χ0) is 36.1. The molecule has 13 nitrogen and oxygen atoms in total. The number of nitro groups is 1. The molecule has 0 heterocycles. The van der Waals surface area contributed by atoms with Crippen molar-refractivity contribution >= 4 is 35.3 Å². The highest BCUT2D eigenvalue weighted by Crippen LogP contribution is 2.44. The number of fused-ring (bicyclic) bond motifs is 3. The number of ether oxygens (including phenoxy) is 2. The fourth-order valence-electron chi connectivity index (χ4n) is 6.14. The van der Waals surface area contributed by atoms with Gasteiger partial charge in [0.2, 0.25) is 5.91 Å².